The van der Waals surface area contributed by atoms with E-state index in [0.29, 0.717) is 5.92 Å². The first-order chi connectivity index (χ1) is 12.8. The number of nitrogens with one attached hydrogen (secondary N) is 2. The Hall–Kier alpha value is -2.30. The maximum Gasteiger partial charge on any atom is 0.191 e. The summed E-state index contributed by atoms with van der Waals surface area (Å²) in [6.45, 7) is 14.5. The van der Waals surface area contributed by atoms with E-state index in [-0.39, 0.29) is 6.04 Å². The highest BCUT2D eigenvalue weighted by atomic mass is 15.3. The van der Waals surface area contributed by atoms with Crippen LogP contribution in [0.5, 0.6) is 0 Å². The molecule has 0 aliphatic carbocycles. The van der Waals surface area contributed by atoms with Crippen LogP contribution in [0, 0.1) is 20.8 Å². The molecule has 5 nitrogen and oxygen atoms in total. The van der Waals surface area contributed by atoms with Gasteiger partial charge in [0, 0.05) is 37.8 Å². The van der Waals surface area contributed by atoms with E-state index in [1.807, 2.05) is 11.7 Å². The third-order valence-corrected chi connectivity index (χ3v) is 5.03. The van der Waals surface area contributed by atoms with E-state index in [9.17, 15) is 0 Å². The molecule has 2 N–H and O–H groups in total. The highest BCUT2D eigenvalue weighted by molar-refractivity contribution is 5.80. The number of hydrogen-bond acceptors (Lipinski definition) is 2. The highest BCUT2D eigenvalue weighted by Crippen LogP contribution is 2.17. The van der Waals surface area contributed by atoms with Crippen LogP contribution in [0.4, 0.5) is 0 Å². The minimum atomic E-state index is 0.277. The molecule has 0 fully saturated rings. The van der Waals surface area contributed by atoms with E-state index in [4.69, 9.17) is 4.99 Å². The zero-order chi connectivity index (χ0) is 20.0. The van der Waals surface area contributed by atoms with Crippen molar-refractivity contribution in [2.24, 2.45) is 12.0 Å². The minimum Gasteiger partial charge on any atom is -0.357 e. The van der Waals surface area contributed by atoms with Crippen LogP contribution in [0.25, 0.3) is 0 Å². The van der Waals surface area contributed by atoms with E-state index in [1.165, 1.54) is 22.4 Å². The van der Waals surface area contributed by atoms with Crippen LogP contribution in [0.3, 0.4) is 0 Å². The lowest BCUT2D eigenvalue weighted by atomic mass is 10.00. The maximum atomic E-state index is 4.82. The second-order valence-electron chi connectivity index (χ2n) is 7.56. The SMILES string of the molecule is CCNC(=NCC(C)c1cccc(C)c1)NC(C)Cc1c(C)nn(C)c1C. The van der Waals surface area contributed by atoms with Gasteiger partial charge in [0.25, 0.3) is 0 Å². The lowest BCUT2D eigenvalue weighted by molar-refractivity contribution is 0.632. The Morgan fingerprint density at radius 2 is 1.96 bits per heavy atom. The molecule has 0 spiro atoms. The fourth-order valence-corrected chi connectivity index (χ4v) is 3.33. The van der Waals surface area contributed by atoms with Crippen molar-refractivity contribution in [1.29, 1.82) is 0 Å². The summed E-state index contributed by atoms with van der Waals surface area (Å²) in [5.41, 5.74) is 6.30. The van der Waals surface area contributed by atoms with Crippen molar-refractivity contribution in [3.05, 3.63) is 52.3 Å². The molecule has 1 aromatic carbocycles. The number of rotatable bonds is 7. The van der Waals surface area contributed by atoms with Crippen molar-refractivity contribution in [2.75, 3.05) is 13.1 Å². The van der Waals surface area contributed by atoms with Gasteiger partial charge in [-0.3, -0.25) is 9.67 Å². The maximum absolute atomic E-state index is 4.82. The molecule has 2 unspecified atom stereocenters. The van der Waals surface area contributed by atoms with Crippen molar-refractivity contribution in [3.8, 4) is 0 Å². The third-order valence-electron chi connectivity index (χ3n) is 5.03. The van der Waals surface area contributed by atoms with E-state index in [1.54, 1.807) is 0 Å². The van der Waals surface area contributed by atoms with Gasteiger partial charge >= 0.3 is 0 Å². The van der Waals surface area contributed by atoms with Crippen molar-refractivity contribution < 1.29 is 0 Å². The number of hydrogen-bond donors (Lipinski definition) is 2. The second kappa shape index (κ2) is 9.58. The molecule has 5 heteroatoms. The third kappa shape index (κ3) is 5.84. The van der Waals surface area contributed by atoms with Crippen LogP contribution in [0.1, 0.15) is 54.8 Å². The largest absolute Gasteiger partial charge is 0.357 e. The standard InChI is InChI=1S/C22H35N5/c1-8-23-22(24-14-16(3)20-11-9-10-15(2)12-20)25-17(4)13-21-18(5)26-27(7)19(21)6/h9-12,16-17H,8,13-14H2,1-7H3,(H2,23,24,25). The molecule has 148 valence electrons. The van der Waals surface area contributed by atoms with Crippen LogP contribution in [-0.2, 0) is 13.5 Å². The zero-order valence-electron chi connectivity index (χ0n) is 17.9. The smallest absolute Gasteiger partial charge is 0.191 e. The molecule has 0 saturated carbocycles. The number of aliphatic imine (C=N–C) groups is 1. The number of benzene rings is 1. The van der Waals surface area contributed by atoms with Gasteiger partial charge in [-0.05, 0) is 52.2 Å². The summed E-state index contributed by atoms with van der Waals surface area (Å²) < 4.78 is 1.96. The van der Waals surface area contributed by atoms with Crippen molar-refractivity contribution in [1.82, 2.24) is 20.4 Å². The molecule has 27 heavy (non-hydrogen) atoms. The number of nitrogens with zero attached hydrogens (tertiary/aromatic N) is 3. The molecule has 2 rings (SSSR count). The van der Waals surface area contributed by atoms with E-state index in [0.717, 1.165) is 31.2 Å². The highest BCUT2D eigenvalue weighted by Gasteiger charge is 2.14. The topological polar surface area (TPSA) is 54.2 Å². The molecule has 0 saturated heterocycles. The molecule has 0 radical (unpaired) electrons. The predicted octanol–water partition coefficient (Wildman–Crippen LogP) is 3.64. The summed E-state index contributed by atoms with van der Waals surface area (Å²) >= 11 is 0. The average Bonchev–Trinajstić information content (AvgIpc) is 2.85. The zero-order valence-corrected chi connectivity index (χ0v) is 17.9. The molecule has 2 atom stereocenters. The van der Waals surface area contributed by atoms with Gasteiger partial charge in [-0.15, -0.1) is 0 Å². The Labute approximate surface area is 164 Å². The predicted molar refractivity (Wildman–Crippen MR) is 115 cm³/mol. The lowest BCUT2D eigenvalue weighted by Crippen LogP contribution is -2.43. The molecule has 0 bridgehead atoms. The van der Waals surface area contributed by atoms with Gasteiger partial charge in [0.2, 0.25) is 0 Å². The Balaban J connectivity index is 2.02. The summed E-state index contributed by atoms with van der Waals surface area (Å²) in [6.07, 6.45) is 0.934. The molecule has 1 aromatic heterocycles. The normalized spacial score (nSPS) is 14.1. The average molecular weight is 370 g/mol. The molecule has 1 heterocycles. The summed E-state index contributed by atoms with van der Waals surface area (Å²) in [4.78, 5) is 4.82. The van der Waals surface area contributed by atoms with Crippen LogP contribution in [0.2, 0.25) is 0 Å². The van der Waals surface area contributed by atoms with E-state index < -0.39 is 0 Å². The minimum absolute atomic E-state index is 0.277. The summed E-state index contributed by atoms with van der Waals surface area (Å²) in [5, 5.41) is 11.4. The summed E-state index contributed by atoms with van der Waals surface area (Å²) in [5.74, 6) is 1.27. The second-order valence-corrected chi connectivity index (χ2v) is 7.56. The van der Waals surface area contributed by atoms with Gasteiger partial charge in [-0.1, -0.05) is 36.8 Å². The van der Waals surface area contributed by atoms with Crippen molar-refractivity contribution in [3.63, 3.8) is 0 Å². The molecule has 0 aliphatic rings. The Bertz CT molecular complexity index is 775. The van der Waals surface area contributed by atoms with Crippen LogP contribution < -0.4 is 10.6 Å². The molecule has 2 aromatic rings. The van der Waals surface area contributed by atoms with Crippen LogP contribution >= 0.6 is 0 Å². The molecular weight excluding hydrogens is 334 g/mol. The van der Waals surface area contributed by atoms with Gasteiger partial charge in [-0.25, -0.2) is 0 Å². The van der Waals surface area contributed by atoms with Crippen LogP contribution in [-0.4, -0.2) is 34.9 Å². The summed E-state index contributed by atoms with van der Waals surface area (Å²) in [7, 11) is 2.00. The fraction of sp³-hybridized carbons (Fsp3) is 0.545. The number of guanidine groups is 1. The first kappa shape index (κ1) is 21.0. The fourth-order valence-electron chi connectivity index (χ4n) is 3.33. The van der Waals surface area contributed by atoms with Crippen molar-refractivity contribution >= 4 is 5.96 Å². The molecular formula is C22H35N5. The van der Waals surface area contributed by atoms with E-state index >= 15 is 0 Å². The van der Waals surface area contributed by atoms with E-state index in [2.05, 4.69) is 81.5 Å². The first-order valence-corrected chi connectivity index (χ1v) is 9.92. The van der Waals surface area contributed by atoms with Gasteiger partial charge < -0.3 is 10.6 Å². The van der Waals surface area contributed by atoms with Gasteiger partial charge in [0.15, 0.2) is 5.96 Å². The van der Waals surface area contributed by atoms with Crippen molar-refractivity contribution in [2.45, 2.75) is 59.9 Å². The number of aromatic nitrogens is 2. The molecule has 0 aliphatic heterocycles. The Morgan fingerprint density at radius 1 is 1.22 bits per heavy atom. The quantitative estimate of drug-likeness (QED) is 0.579. The summed E-state index contributed by atoms with van der Waals surface area (Å²) in [6, 6.07) is 8.96. The molecule has 0 amide bonds. The first-order valence-electron chi connectivity index (χ1n) is 9.92. The Morgan fingerprint density at radius 3 is 2.56 bits per heavy atom. The Kier molecular flexibility index (Phi) is 7.45. The number of aryl methyl sites for hydroxylation is 3. The van der Waals surface area contributed by atoms with Gasteiger partial charge in [-0.2, -0.15) is 5.10 Å². The lowest BCUT2D eigenvalue weighted by Gasteiger charge is -2.19. The monoisotopic (exact) mass is 369 g/mol. The van der Waals surface area contributed by atoms with Gasteiger partial charge in [0.05, 0.1) is 5.69 Å². The van der Waals surface area contributed by atoms with Crippen LogP contribution in [0.15, 0.2) is 29.3 Å². The van der Waals surface area contributed by atoms with Gasteiger partial charge in [0.1, 0.15) is 0 Å².